The molecular formula is C10H20OS2. The first-order valence-electron chi connectivity index (χ1n) is 4.78. The summed E-state index contributed by atoms with van der Waals surface area (Å²) in [4.78, 5) is 0. The van der Waals surface area contributed by atoms with Gasteiger partial charge in [0.1, 0.15) is 0 Å². The highest BCUT2D eigenvalue weighted by atomic mass is 32.2. The fourth-order valence-corrected chi connectivity index (χ4v) is 1.87. The molecule has 3 heteroatoms. The van der Waals surface area contributed by atoms with Crippen LogP contribution in [0.1, 0.15) is 25.7 Å². The smallest absolute Gasteiger partial charge is 0.0651 e. The number of methoxy groups -OCH3 is 1. The van der Waals surface area contributed by atoms with E-state index in [1.165, 1.54) is 31.4 Å². The second kappa shape index (κ2) is 12.4. The highest BCUT2D eigenvalue weighted by Gasteiger charge is 1.87. The molecule has 0 rings (SSSR count). The first kappa shape index (κ1) is 13.4. The molecule has 0 unspecified atom stereocenters. The van der Waals surface area contributed by atoms with E-state index >= 15 is 0 Å². The van der Waals surface area contributed by atoms with E-state index in [-0.39, 0.29) is 0 Å². The summed E-state index contributed by atoms with van der Waals surface area (Å²) < 4.78 is 4.89. The number of rotatable bonds is 9. The Balaban J connectivity index is 2.91. The molecule has 13 heavy (non-hydrogen) atoms. The SMILES string of the molecule is COC/C=C\SCCCCCCS. The summed E-state index contributed by atoms with van der Waals surface area (Å²) in [5.74, 6) is 2.26. The van der Waals surface area contributed by atoms with Gasteiger partial charge in [-0.25, -0.2) is 0 Å². The Morgan fingerprint density at radius 3 is 2.69 bits per heavy atom. The number of hydrogen-bond donors (Lipinski definition) is 1. The molecule has 0 aliphatic rings. The van der Waals surface area contributed by atoms with E-state index in [1.807, 2.05) is 11.8 Å². The topological polar surface area (TPSA) is 9.23 Å². The van der Waals surface area contributed by atoms with E-state index in [0.29, 0.717) is 0 Å². The van der Waals surface area contributed by atoms with Gasteiger partial charge in [-0.3, -0.25) is 0 Å². The lowest BCUT2D eigenvalue weighted by molar-refractivity contribution is 0.234. The van der Waals surface area contributed by atoms with Crippen LogP contribution in [0.15, 0.2) is 11.5 Å². The molecule has 1 nitrogen and oxygen atoms in total. The maximum absolute atomic E-state index is 4.89. The summed E-state index contributed by atoms with van der Waals surface area (Å²) >= 11 is 6.04. The van der Waals surface area contributed by atoms with Crippen LogP contribution in [0.3, 0.4) is 0 Å². The molecule has 0 bridgehead atoms. The third kappa shape index (κ3) is 12.4. The standard InChI is InChI=1S/C10H20OS2/c1-11-7-6-10-13-9-5-3-2-4-8-12/h6,10,12H,2-5,7-9H2,1H3/b10-6-. The van der Waals surface area contributed by atoms with Crippen LogP contribution in [0.2, 0.25) is 0 Å². The molecule has 0 radical (unpaired) electrons. The second-order valence-electron chi connectivity index (χ2n) is 2.84. The van der Waals surface area contributed by atoms with E-state index in [9.17, 15) is 0 Å². The Labute approximate surface area is 91.7 Å². The largest absolute Gasteiger partial charge is 0.381 e. The Bertz CT molecular complexity index is 115. The van der Waals surface area contributed by atoms with Gasteiger partial charge in [-0.05, 0) is 29.8 Å². The van der Waals surface area contributed by atoms with Crippen LogP contribution in [0.25, 0.3) is 0 Å². The fraction of sp³-hybridized carbons (Fsp3) is 0.800. The van der Waals surface area contributed by atoms with Crippen LogP contribution in [0, 0.1) is 0 Å². The molecule has 0 saturated carbocycles. The van der Waals surface area contributed by atoms with Crippen molar-refractivity contribution in [2.45, 2.75) is 25.7 Å². The lowest BCUT2D eigenvalue weighted by Gasteiger charge is -1.97. The van der Waals surface area contributed by atoms with Crippen LogP contribution in [-0.4, -0.2) is 25.2 Å². The van der Waals surface area contributed by atoms with Gasteiger partial charge in [0.15, 0.2) is 0 Å². The van der Waals surface area contributed by atoms with Gasteiger partial charge >= 0.3 is 0 Å². The minimum atomic E-state index is 0.729. The zero-order valence-electron chi connectivity index (χ0n) is 8.37. The molecule has 78 valence electrons. The van der Waals surface area contributed by atoms with Gasteiger partial charge in [-0.15, -0.1) is 11.8 Å². The third-order valence-electron chi connectivity index (χ3n) is 1.63. The highest BCUT2D eigenvalue weighted by Crippen LogP contribution is 2.08. The second-order valence-corrected chi connectivity index (χ2v) is 4.30. The molecule has 0 aromatic heterocycles. The maximum atomic E-state index is 4.89. The molecule has 0 amide bonds. The quantitative estimate of drug-likeness (QED) is 0.471. The van der Waals surface area contributed by atoms with Gasteiger partial charge in [-0.2, -0.15) is 12.6 Å². The van der Waals surface area contributed by atoms with Gasteiger partial charge in [0.05, 0.1) is 6.61 Å². The third-order valence-corrected chi connectivity index (χ3v) is 2.85. The normalized spacial score (nSPS) is 11.2. The number of thioether (sulfide) groups is 1. The van der Waals surface area contributed by atoms with Gasteiger partial charge in [0.2, 0.25) is 0 Å². The number of hydrogen-bond acceptors (Lipinski definition) is 3. The Morgan fingerprint density at radius 1 is 1.23 bits per heavy atom. The average Bonchev–Trinajstić information content (AvgIpc) is 2.16. The molecule has 0 saturated heterocycles. The molecular weight excluding hydrogens is 200 g/mol. The summed E-state index contributed by atoms with van der Waals surface area (Å²) in [6.45, 7) is 0.729. The molecule has 0 spiro atoms. The van der Waals surface area contributed by atoms with E-state index in [4.69, 9.17) is 4.74 Å². The van der Waals surface area contributed by atoms with Crippen molar-refractivity contribution >= 4 is 24.4 Å². The van der Waals surface area contributed by atoms with Crippen molar-refractivity contribution in [3.63, 3.8) is 0 Å². The highest BCUT2D eigenvalue weighted by molar-refractivity contribution is 8.02. The van der Waals surface area contributed by atoms with Crippen molar-refractivity contribution in [2.24, 2.45) is 0 Å². The van der Waals surface area contributed by atoms with Gasteiger partial charge < -0.3 is 4.74 Å². The molecule has 0 aromatic carbocycles. The molecule has 0 aliphatic carbocycles. The van der Waals surface area contributed by atoms with E-state index in [0.717, 1.165) is 12.4 Å². The molecule has 0 N–H and O–H groups in total. The van der Waals surface area contributed by atoms with E-state index in [1.54, 1.807) is 7.11 Å². The molecule has 0 fully saturated rings. The molecule has 0 heterocycles. The number of unbranched alkanes of at least 4 members (excludes halogenated alkanes) is 3. The summed E-state index contributed by atoms with van der Waals surface area (Å²) in [5, 5.41) is 2.13. The summed E-state index contributed by atoms with van der Waals surface area (Å²) in [6.07, 6.45) is 7.29. The van der Waals surface area contributed by atoms with Crippen molar-refractivity contribution in [1.82, 2.24) is 0 Å². The minimum absolute atomic E-state index is 0.729. The van der Waals surface area contributed by atoms with E-state index in [2.05, 4.69) is 24.1 Å². The first-order chi connectivity index (χ1) is 6.41. The van der Waals surface area contributed by atoms with Crippen molar-refractivity contribution < 1.29 is 4.74 Å². The Kier molecular flexibility index (Phi) is 12.8. The minimum Gasteiger partial charge on any atom is -0.381 e. The molecule has 0 aliphatic heterocycles. The zero-order valence-corrected chi connectivity index (χ0v) is 10.1. The zero-order chi connectivity index (χ0) is 9.78. The monoisotopic (exact) mass is 220 g/mol. The van der Waals surface area contributed by atoms with Crippen molar-refractivity contribution in [3.05, 3.63) is 11.5 Å². The maximum Gasteiger partial charge on any atom is 0.0651 e. The van der Waals surface area contributed by atoms with Crippen molar-refractivity contribution in [3.8, 4) is 0 Å². The van der Waals surface area contributed by atoms with Crippen LogP contribution in [0.5, 0.6) is 0 Å². The molecule has 0 aromatic rings. The van der Waals surface area contributed by atoms with E-state index < -0.39 is 0 Å². The average molecular weight is 220 g/mol. The van der Waals surface area contributed by atoms with Crippen LogP contribution < -0.4 is 0 Å². The lowest BCUT2D eigenvalue weighted by atomic mass is 10.2. The number of thiol groups is 1. The summed E-state index contributed by atoms with van der Waals surface area (Å²) in [5.41, 5.74) is 0. The predicted molar refractivity (Wildman–Crippen MR) is 65.8 cm³/mol. The van der Waals surface area contributed by atoms with Crippen LogP contribution >= 0.6 is 24.4 Å². The van der Waals surface area contributed by atoms with Crippen LogP contribution in [0.4, 0.5) is 0 Å². The Morgan fingerprint density at radius 2 is 2.00 bits per heavy atom. The van der Waals surface area contributed by atoms with Gasteiger partial charge in [0, 0.05) is 7.11 Å². The molecule has 0 atom stereocenters. The number of ether oxygens (including phenoxy) is 1. The Hall–Kier alpha value is 0.400. The summed E-state index contributed by atoms with van der Waals surface area (Å²) in [6, 6.07) is 0. The predicted octanol–water partition coefficient (Wildman–Crippen LogP) is 3.37. The van der Waals surface area contributed by atoms with Gasteiger partial charge in [0.25, 0.3) is 0 Å². The van der Waals surface area contributed by atoms with Crippen molar-refractivity contribution in [2.75, 3.05) is 25.2 Å². The first-order valence-corrected chi connectivity index (χ1v) is 6.46. The lowest BCUT2D eigenvalue weighted by Crippen LogP contribution is -1.82. The van der Waals surface area contributed by atoms with Gasteiger partial charge in [-0.1, -0.05) is 18.9 Å². The summed E-state index contributed by atoms with van der Waals surface area (Å²) in [7, 11) is 1.71. The fourth-order valence-electron chi connectivity index (χ4n) is 0.922. The van der Waals surface area contributed by atoms with Crippen LogP contribution in [-0.2, 0) is 4.74 Å². The van der Waals surface area contributed by atoms with Crippen molar-refractivity contribution in [1.29, 1.82) is 0 Å².